The number of urea groups is 1. The summed E-state index contributed by atoms with van der Waals surface area (Å²) < 4.78 is 50.6. The van der Waals surface area contributed by atoms with E-state index < -0.39 is 23.6 Å². The number of benzene rings is 2. The van der Waals surface area contributed by atoms with E-state index in [4.69, 9.17) is 0 Å². The minimum Gasteiger partial charge on any atom is -0.338 e. The largest absolute Gasteiger partial charge is 0.416 e. The van der Waals surface area contributed by atoms with Crippen LogP contribution in [0.25, 0.3) is 0 Å². The van der Waals surface area contributed by atoms with Crippen molar-refractivity contribution in [2.75, 3.05) is 23.3 Å². The molecule has 0 saturated carbocycles. The van der Waals surface area contributed by atoms with Crippen LogP contribution in [0, 0.1) is 11.7 Å². The molecule has 0 radical (unpaired) electrons. The molecule has 0 bridgehead atoms. The smallest absolute Gasteiger partial charge is 0.338 e. The second-order valence-corrected chi connectivity index (χ2v) is 6.46. The standard InChI is InChI=1S/C19H17F4N3O2/c20-14-3-7-16(8-4-14)26-11-12(9-17(26)27)10-24-18(28)25-15-5-1-13(2-6-15)19(21,22)23/h1-8,12H,9-11H2,(H2,24,25,28)/t12-/m1/s1. The van der Waals surface area contributed by atoms with Crippen LogP contribution < -0.4 is 15.5 Å². The molecule has 148 valence electrons. The number of hydrogen-bond donors (Lipinski definition) is 2. The molecule has 0 aliphatic carbocycles. The van der Waals surface area contributed by atoms with E-state index in [0.717, 1.165) is 24.3 Å². The van der Waals surface area contributed by atoms with E-state index in [1.807, 2.05) is 0 Å². The molecule has 2 aromatic rings. The van der Waals surface area contributed by atoms with Crippen LogP contribution in [0.15, 0.2) is 48.5 Å². The van der Waals surface area contributed by atoms with E-state index >= 15 is 0 Å². The average Bonchev–Trinajstić information content (AvgIpc) is 3.01. The van der Waals surface area contributed by atoms with Crippen LogP contribution in [-0.4, -0.2) is 25.0 Å². The minimum atomic E-state index is -4.44. The summed E-state index contributed by atoms with van der Waals surface area (Å²) in [5, 5.41) is 5.06. The van der Waals surface area contributed by atoms with E-state index in [-0.39, 0.29) is 30.5 Å². The third-order valence-corrected chi connectivity index (χ3v) is 4.36. The van der Waals surface area contributed by atoms with Crippen molar-refractivity contribution in [3.05, 3.63) is 59.9 Å². The zero-order valence-corrected chi connectivity index (χ0v) is 14.6. The molecule has 5 nitrogen and oxygen atoms in total. The highest BCUT2D eigenvalue weighted by atomic mass is 19.4. The van der Waals surface area contributed by atoms with Crippen LogP contribution in [0.3, 0.4) is 0 Å². The number of amides is 3. The summed E-state index contributed by atoms with van der Waals surface area (Å²) in [5.74, 6) is -0.647. The van der Waals surface area contributed by atoms with E-state index in [1.165, 1.54) is 29.2 Å². The monoisotopic (exact) mass is 395 g/mol. The third kappa shape index (κ3) is 4.79. The maximum Gasteiger partial charge on any atom is 0.416 e. The second-order valence-electron chi connectivity index (χ2n) is 6.46. The lowest BCUT2D eigenvalue weighted by Gasteiger charge is -2.17. The highest BCUT2D eigenvalue weighted by molar-refractivity contribution is 5.96. The van der Waals surface area contributed by atoms with Gasteiger partial charge in [-0.1, -0.05) is 0 Å². The second kappa shape index (κ2) is 7.87. The van der Waals surface area contributed by atoms with Gasteiger partial charge >= 0.3 is 12.2 Å². The van der Waals surface area contributed by atoms with E-state index in [2.05, 4.69) is 10.6 Å². The molecular weight excluding hydrogens is 378 g/mol. The van der Waals surface area contributed by atoms with Crippen LogP contribution in [0.5, 0.6) is 0 Å². The summed E-state index contributed by atoms with van der Waals surface area (Å²) in [5.41, 5.74) is 0.00727. The zero-order valence-electron chi connectivity index (χ0n) is 14.6. The fourth-order valence-electron chi connectivity index (χ4n) is 2.94. The summed E-state index contributed by atoms with van der Waals surface area (Å²) in [7, 11) is 0. The number of carbonyl (C=O) groups excluding carboxylic acids is 2. The van der Waals surface area contributed by atoms with Gasteiger partial charge in [-0.25, -0.2) is 9.18 Å². The molecule has 28 heavy (non-hydrogen) atoms. The van der Waals surface area contributed by atoms with E-state index in [9.17, 15) is 27.2 Å². The Morgan fingerprint density at radius 3 is 2.32 bits per heavy atom. The Balaban J connectivity index is 1.50. The summed E-state index contributed by atoms with van der Waals surface area (Å²) in [4.78, 5) is 25.6. The van der Waals surface area contributed by atoms with Gasteiger partial charge in [0.1, 0.15) is 5.82 Å². The molecule has 3 rings (SSSR count). The maximum atomic E-state index is 13.0. The van der Waals surface area contributed by atoms with Crippen molar-refractivity contribution in [2.24, 2.45) is 5.92 Å². The van der Waals surface area contributed by atoms with Gasteiger partial charge in [-0.15, -0.1) is 0 Å². The van der Waals surface area contributed by atoms with Crippen molar-refractivity contribution < 1.29 is 27.2 Å². The van der Waals surface area contributed by atoms with Gasteiger partial charge in [-0.3, -0.25) is 4.79 Å². The molecule has 2 aromatic carbocycles. The Morgan fingerprint density at radius 2 is 1.71 bits per heavy atom. The summed E-state index contributed by atoms with van der Waals surface area (Å²) in [6.07, 6.45) is -4.20. The van der Waals surface area contributed by atoms with Crippen LogP contribution in [0.2, 0.25) is 0 Å². The van der Waals surface area contributed by atoms with Crippen molar-refractivity contribution in [1.29, 1.82) is 0 Å². The van der Waals surface area contributed by atoms with Crippen LogP contribution in [0.1, 0.15) is 12.0 Å². The Hall–Kier alpha value is -3.10. The number of halogens is 4. The van der Waals surface area contributed by atoms with Gasteiger partial charge < -0.3 is 15.5 Å². The third-order valence-electron chi connectivity index (χ3n) is 4.36. The quantitative estimate of drug-likeness (QED) is 0.769. The van der Waals surface area contributed by atoms with Crippen molar-refractivity contribution in [1.82, 2.24) is 5.32 Å². The predicted octanol–water partition coefficient (Wildman–Crippen LogP) is 4.02. The van der Waals surface area contributed by atoms with Crippen LogP contribution >= 0.6 is 0 Å². The number of anilines is 2. The molecule has 0 unspecified atom stereocenters. The molecule has 3 amide bonds. The van der Waals surface area contributed by atoms with Gasteiger partial charge in [0.15, 0.2) is 0 Å². The predicted molar refractivity (Wildman–Crippen MR) is 95.3 cm³/mol. The normalized spacial score (nSPS) is 16.9. The van der Waals surface area contributed by atoms with Crippen molar-refractivity contribution in [3.8, 4) is 0 Å². The van der Waals surface area contributed by atoms with Crippen molar-refractivity contribution in [3.63, 3.8) is 0 Å². The zero-order chi connectivity index (χ0) is 20.3. The number of carbonyl (C=O) groups is 2. The number of nitrogens with one attached hydrogen (secondary N) is 2. The highest BCUT2D eigenvalue weighted by Crippen LogP contribution is 2.30. The lowest BCUT2D eigenvalue weighted by Crippen LogP contribution is -2.34. The molecular formula is C19H17F4N3O2. The SMILES string of the molecule is O=C(NC[C@H]1CC(=O)N(c2ccc(F)cc2)C1)Nc1ccc(C(F)(F)F)cc1. The first-order valence-corrected chi connectivity index (χ1v) is 8.50. The van der Waals surface area contributed by atoms with Gasteiger partial charge in [0.05, 0.1) is 5.56 Å². The highest BCUT2D eigenvalue weighted by Gasteiger charge is 2.31. The van der Waals surface area contributed by atoms with Crippen molar-refractivity contribution in [2.45, 2.75) is 12.6 Å². The maximum absolute atomic E-state index is 13.0. The summed E-state index contributed by atoms with van der Waals surface area (Å²) in [6, 6.07) is 9.08. The minimum absolute atomic E-state index is 0.124. The van der Waals surface area contributed by atoms with Crippen LogP contribution in [-0.2, 0) is 11.0 Å². The van der Waals surface area contributed by atoms with Gasteiger partial charge in [0, 0.05) is 36.8 Å². The fourth-order valence-corrected chi connectivity index (χ4v) is 2.94. The molecule has 1 heterocycles. The lowest BCUT2D eigenvalue weighted by molar-refractivity contribution is -0.137. The van der Waals surface area contributed by atoms with Crippen LogP contribution in [0.4, 0.5) is 33.7 Å². The van der Waals surface area contributed by atoms with Gasteiger partial charge in [-0.05, 0) is 48.5 Å². The topological polar surface area (TPSA) is 61.4 Å². The number of rotatable bonds is 4. The fraction of sp³-hybridized carbons (Fsp3) is 0.263. The molecule has 1 fully saturated rings. The number of hydrogen-bond acceptors (Lipinski definition) is 2. The Kier molecular flexibility index (Phi) is 5.53. The summed E-state index contributed by atoms with van der Waals surface area (Å²) in [6.45, 7) is 0.598. The molecule has 1 atom stereocenters. The molecule has 2 N–H and O–H groups in total. The molecule has 1 saturated heterocycles. The molecule has 1 aliphatic rings. The van der Waals surface area contributed by atoms with Gasteiger partial charge in [-0.2, -0.15) is 13.2 Å². The number of alkyl halides is 3. The van der Waals surface area contributed by atoms with Gasteiger partial charge in [0.2, 0.25) is 5.91 Å². The van der Waals surface area contributed by atoms with E-state index in [1.54, 1.807) is 0 Å². The lowest BCUT2D eigenvalue weighted by atomic mass is 10.1. The van der Waals surface area contributed by atoms with Crippen molar-refractivity contribution >= 4 is 23.3 Å². The molecule has 1 aliphatic heterocycles. The Labute approximate surface area is 158 Å². The Bertz CT molecular complexity index is 851. The molecule has 0 aromatic heterocycles. The Morgan fingerprint density at radius 1 is 1.07 bits per heavy atom. The summed E-state index contributed by atoms with van der Waals surface area (Å²) >= 11 is 0. The average molecular weight is 395 g/mol. The first kappa shape index (κ1) is 19.7. The van der Waals surface area contributed by atoms with E-state index in [0.29, 0.717) is 12.2 Å². The first-order chi connectivity index (χ1) is 13.2. The first-order valence-electron chi connectivity index (χ1n) is 8.50. The molecule has 0 spiro atoms. The van der Waals surface area contributed by atoms with Gasteiger partial charge in [0.25, 0.3) is 0 Å². The number of nitrogens with zero attached hydrogens (tertiary/aromatic N) is 1. The molecule has 9 heteroatoms.